The predicted octanol–water partition coefficient (Wildman–Crippen LogP) is 5.85. The summed E-state index contributed by atoms with van der Waals surface area (Å²) in [4.78, 5) is 3.40. The zero-order chi connectivity index (χ0) is 15.0. The average Bonchev–Trinajstić information content (AvgIpc) is 2.98. The molecule has 4 heteroatoms. The zero-order valence-electron chi connectivity index (χ0n) is 12.7. The molecule has 2 nitrogen and oxygen atoms in total. The van der Waals surface area contributed by atoms with Crippen molar-refractivity contribution in [1.82, 2.24) is 9.55 Å². The number of fused-ring (bicyclic) bond motifs is 3. The summed E-state index contributed by atoms with van der Waals surface area (Å²) in [6, 6.07) is 6.88. The number of nitrogens with one attached hydrogen (secondary N) is 1. The van der Waals surface area contributed by atoms with Crippen LogP contribution in [0.15, 0.2) is 22.7 Å². The van der Waals surface area contributed by atoms with Gasteiger partial charge < -0.3 is 9.55 Å². The Morgan fingerprint density at radius 3 is 2.76 bits per heavy atom. The predicted molar refractivity (Wildman–Crippen MR) is 93.1 cm³/mol. The lowest BCUT2D eigenvalue weighted by molar-refractivity contribution is 0.0855. The van der Waals surface area contributed by atoms with Crippen molar-refractivity contribution < 1.29 is 0 Å². The number of hydrogen-bond donors (Lipinski definition) is 1. The minimum Gasteiger partial charge on any atom is -0.331 e. The quantitative estimate of drug-likeness (QED) is 0.629. The second-order valence-electron chi connectivity index (χ2n) is 7.78. The molecule has 2 saturated carbocycles. The van der Waals surface area contributed by atoms with Gasteiger partial charge in [-0.25, -0.2) is 0 Å². The second kappa shape index (κ2) is 4.23. The SMILES string of the molecule is CC12CCC(C1)C(C)(C)C2n1c(=S)[nH]c2ccc(Br)cc21. The molecule has 0 spiro atoms. The van der Waals surface area contributed by atoms with Gasteiger partial charge in [0.05, 0.1) is 11.0 Å². The third kappa shape index (κ3) is 1.78. The molecule has 2 fully saturated rings. The van der Waals surface area contributed by atoms with Crippen molar-refractivity contribution in [3.63, 3.8) is 0 Å². The summed E-state index contributed by atoms with van der Waals surface area (Å²) in [5.41, 5.74) is 3.07. The van der Waals surface area contributed by atoms with Crippen LogP contribution in [0, 0.1) is 21.5 Å². The van der Waals surface area contributed by atoms with Gasteiger partial charge in [0.2, 0.25) is 0 Å². The summed E-state index contributed by atoms with van der Waals surface area (Å²) >= 11 is 9.30. The van der Waals surface area contributed by atoms with E-state index < -0.39 is 0 Å². The lowest BCUT2D eigenvalue weighted by Crippen LogP contribution is -2.37. The minimum absolute atomic E-state index is 0.308. The fourth-order valence-corrected chi connectivity index (χ4v) is 5.93. The molecular formula is C17H21BrN2S. The van der Waals surface area contributed by atoms with Crippen molar-refractivity contribution in [3.05, 3.63) is 27.4 Å². The van der Waals surface area contributed by atoms with Gasteiger partial charge in [-0.3, -0.25) is 0 Å². The molecule has 1 aromatic carbocycles. The van der Waals surface area contributed by atoms with Gasteiger partial charge in [-0.1, -0.05) is 36.7 Å². The standard InChI is InChI=1S/C17H21BrN2S/c1-16(2)10-6-7-17(3,9-10)14(16)20-13-8-11(18)4-5-12(13)19-15(20)21/h4-5,8,10,14H,6-7,9H2,1-3H3,(H,19,21). The highest BCUT2D eigenvalue weighted by Gasteiger charge is 2.60. The molecule has 3 unspecified atom stereocenters. The maximum Gasteiger partial charge on any atom is 0.178 e. The van der Waals surface area contributed by atoms with Crippen LogP contribution in [-0.4, -0.2) is 9.55 Å². The topological polar surface area (TPSA) is 20.7 Å². The number of rotatable bonds is 1. The van der Waals surface area contributed by atoms with Gasteiger partial charge >= 0.3 is 0 Å². The highest BCUT2D eigenvalue weighted by molar-refractivity contribution is 9.10. The number of H-pyrrole nitrogens is 1. The van der Waals surface area contributed by atoms with E-state index in [0.29, 0.717) is 16.9 Å². The lowest BCUT2D eigenvalue weighted by atomic mass is 9.68. The van der Waals surface area contributed by atoms with Gasteiger partial charge in [-0.05, 0) is 66.4 Å². The van der Waals surface area contributed by atoms with Crippen LogP contribution in [0.1, 0.15) is 46.1 Å². The average molecular weight is 365 g/mol. The number of aromatic nitrogens is 2. The Kier molecular flexibility index (Phi) is 2.82. The molecule has 4 rings (SSSR count). The highest BCUT2D eigenvalue weighted by Crippen LogP contribution is 2.68. The van der Waals surface area contributed by atoms with Gasteiger partial charge in [0, 0.05) is 10.5 Å². The Bertz CT molecular complexity index is 783. The van der Waals surface area contributed by atoms with Crippen LogP contribution in [0.2, 0.25) is 0 Å². The summed E-state index contributed by atoms with van der Waals surface area (Å²) in [5, 5.41) is 0. The van der Waals surface area contributed by atoms with Gasteiger partial charge in [-0.15, -0.1) is 0 Å². The maximum atomic E-state index is 5.69. The maximum absolute atomic E-state index is 5.69. The van der Waals surface area contributed by atoms with Crippen molar-refractivity contribution in [2.45, 2.75) is 46.1 Å². The largest absolute Gasteiger partial charge is 0.331 e. The van der Waals surface area contributed by atoms with Crippen LogP contribution in [0.4, 0.5) is 0 Å². The Morgan fingerprint density at radius 2 is 2.10 bits per heavy atom. The zero-order valence-corrected chi connectivity index (χ0v) is 15.1. The number of benzene rings is 1. The fourth-order valence-electron chi connectivity index (χ4n) is 5.27. The van der Waals surface area contributed by atoms with Crippen LogP contribution < -0.4 is 0 Å². The normalized spacial score (nSPS) is 33.9. The van der Waals surface area contributed by atoms with Crippen molar-refractivity contribution in [2.24, 2.45) is 16.7 Å². The number of halogens is 1. The first-order valence-electron chi connectivity index (χ1n) is 7.73. The molecule has 1 heterocycles. The molecule has 0 radical (unpaired) electrons. The first kappa shape index (κ1) is 14.0. The summed E-state index contributed by atoms with van der Waals surface area (Å²) in [5.74, 6) is 0.825. The highest BCUT2D eigenvalue weighted by atomic mass is 79.9. The van der Waals surface area contributed by atoms with Crippen molar-refractivity contribution in [1.29, 1.82) is 0 Å². The third-order valence-electron chi connectivity index (χ3n) is 6.13. The van der Waals surface area contributed by atoms with Crippen LogP contribution in [-0.2, 0) is 0 Å². The van der Waals surface area contributed by atoms with E-state index >= 15 is 0 Å². The minimum atomic E-state index is 0.308. The van der Waals surface area contributed by atoms with E-state index in [1.807, 2.05) is 0 Å². The van der Waals surface area contributed by atoms with Crippen LogP contribution in [0.3, 0.4) is 0 Å². The first-order chi connectivity index (χ1) is 9.83. The van der Waals surface area contributed by atoms with Gasteiger partial charge in [0.15, 0.2) is 4.77 Å². The summed E-state index contributed by atoms with van der Waals surface area (Å²) < 4.78 is 4.40. The van der Waals surface area contributed by atoms with Gasteiger partial charge in [0.1, 0.15) is 0 Å². The van der Waals surface area contributed by atoms with Crippen molar-refractivity contribution >= 4 is 39.2 Å². The Balaban J connectivity index is 2.00. The molecule has 3 atom stereocenters. The summed E-state index contributed by atoms with van der Waals surface area (Å²) in [6.07, 6.45) is 4.04. The van der Waals surface area contributed by atoms with E-state index in [2.05, 4.69) is 64.5 Å². The van der Waals surface area contributed by atoms with Gasteiger partial charge in [0.25, 0.3) is 0 Å². The Labute approximate surface area is 139 Å². The lowest BCUT2D eigenvalue weighted by Gasteiger charge is -2.43. The molecule has 0 aliphatic heterocycles. The summed E-state index contributed by atoms with van der Waals surface area (Å²) in [7, 11) is 0. The van der Waals surface area contributed by atoms with E-state index in [4.69, 9.17) is 12.2 Å². The van der Waals surface area contributed by atoms with E-state index in [9.17, 15) is 0 Å². The number of nitrogens with zero attached hydrogens (tertiary/aromatic N) is 1. The van der Waals surface area contributed by atoms with Crippen LogP contribution >= 0.6 is 28.1 Å². The number of hydrogen-bond acceptors (Lipinski definition) is 1. The van der Waals surface area contributed by atoms with E-state index in [-0.39, 0.29) is 0 Å². The van der Waals surface area contributed by atoms with Crippen molar-refractivity contribution in [2.75, 3.05) is 0 Å². The smallest absolute Gasteiger partial charge is 0.178 e. The van der Waals surface area contributed by atoms with Crippen LogP contribution in [0.25, 0.3) is 11.0 Å². The Morgan fingerprint density at radius 1 is 1.33 bits per heavy atom. The van der Waals surface area contributed by atoms with E-state index in [1.54, 1.807) is 0 Å². The molecule has 0 saturated heterocycles. The number of aromatic amines is 1. The number of imidazole rings is 1. The second-order valence-corrected chi connectivity index (χ2v) is 9.08. The molecule has 2 aromatic rings. The molecule has 112 valence electrons. The van der Waals surface area contributed by atoms with Crippen LogP contribution in [0.5, 0.6) is 0 Å². The molecule has 21 heavy (non-hydrogen) atoms. The molecule has 1 aromatic heterocycles. The third-order valence-corrected chi connectivity index (χ3v) is 6.92. The molecule has 2 aliphatic carbocycles. The molecule has 2 bridgehead atoms. The first-order valence-corrected chi connectivity index (χ1v) is 8.93. The van der Waals surface area contributed by atoms with Gasteiger partial charge in [-0.2, -0.15) is 0 Å². The molecular weight excluding hydrogens is 344 g/mol. The summed E-state index contributed by atoms with van der Waals surface area (Å²) in [6.45, 7) is 7.33. The molecule has 0 amide bonds. The van der Waals surface area contributed by atoms with E-state index in [1.165, 1.54) is 24.8 Å². The molecule has 2 aliphatic rings. The fraction of sp³-hybridized carbons (Fsp3) is 0.588. The van der Waals surface area contributed by atoms with Crippen molar-refractivity contribution in [3.8, 4) is 0 Å². The Hall–Kier alpha value is -0.610. The molecule has 1 N–H and O–H groups in total. The monoisotopic (exact) mass is 364 g/mol. The van der Waals surface area contributed by atoms with E-state index in [0.717, 1.165) is 20.7 Å².